The van der Waals surface area contributed by atoms with E-state index in [-0.39, 0.29) is 0 Å². The predicted molar refractivity (Wildman–Crippen MR) is 104 cm³/mol. The molecule has 0 N–H and O–H groups in total. The molecule has 0 aromatic heterocycles. The van der Waals surface area contributed by atoms with Crippen LogP contribution < -0.4 is 9.47 Å². The van der Waals surface area contributed by atoms with Crippen molar-refractivity contribution >= 4 is 10.8 Å². The Kier molecular flexibility index (Phi) is 4.12. The molecule has 0 amide bonds. The first-order valence-electron chi connectivity index (χ1n) is 9.11. The maximum absolute atomic E-state index is 6.05. The summed E-state index contributed by atoms with van der Waals surface area (Å²) in [6.45, 7) is 7.84. The molecule has 0 saturated carbocycles. The maximum Gasteiger partial charge on any atom is 0.169 e. The summed E-state index contributed by atoms with van der Waals surface area (Å²) < 4.78 is 12.0. The van der Waals surface area contributed by atoms with Crippen LogP contribution in [0.1, 0.15) is 37.3 Å². The zero-order valence-corrected chi connectivity index (χ0v) is 15.1. The first kappa shape index (κ1) is 16.0. The Morgan fingerprint density at radius 3 is 2.28 bits per heavy atom. The van der Waals surface area contributed by atoms with Crippen molar-refractivity contribution in [3.63, 3.8) is 0 Å². The van der Waals surface area contributed by atoms with Crippen molar-refractivity contribution in [1.82, 2.24) is 0 Å². The van der Waals surface area contributed by atoms with E-state index in [9.17, 15) is 0 Å². The smallest absolute Gasteiger partial charge is 0.169 e. The number of hydrogen-bond donors (Lipinski definition) is 0. The van der Waals surface area contributed by atoms with Crippen molar-refractivity contribution in [2.24, 2.45) is 0 Å². The Bertz CT molecular complexity index is 927. The fraction of sp³-hybridized carbons (Fsp3) is 0.304. The zero-order valence-electron chi connectivity index (χ0n) is 15.1. The average molecular weight is 332 g/mol. The molecule has 3 aromatic carbocycles. The van der Waals surface area contributed by atoms with E-state index in [1.54, 1.807) is 0 Å². The molecule has 0 spiro atoms. The number of aryl methyl sites for hydroxylation is 1. The molecule has 1 aliphatic rings. The SMILES string of the molecule is CCC(C)c1cc2ccccc2cc1-c1ccc(C)c2c1OCCO2. The zero-order chi connectivity index (χ0) is 17.4. The van der Waals surface area contributed by atoms with Crippen LogP contribution in [0.2, 0.25) is 0 Å². The second-order valence-electron chi connectivity index (χ2n) is 6.88. The highest BCUT2D eigenvalue weighted by atomic mass is 16.6. The number of rotatable bonds is 3. The van der Waals surface area contributed by atoms with Gasteiger partial charge in [0.25, 0.3) is 0 Å². The van der Waals surface area contributed by atoms with Crippen molar-refractivity contribution in [2.45, 2.75) is 33.1 Å². The van der Waals surface area contributed by atoms with E-state index in [1.807, 2.05) is 0 Å². The molecule has 128 valence electrons. The summed E-state index contributed by atoms with van der Waals surface area (Å²) in [6, 6.07) is 17.5. The minimum absolute atomic E-state index is 0.487. The average Bonchev–Trinajstić information content (AvgIpc) is 2.67. The number of ether oxygens (including phenoxy) is 2. The fourth-order valence-corrected chi connectivity index (χ4v) is 3.60. The van der Waals surface area contributed by atoms with E-state index in [2.05, 4.69) is 69.3 Å². The Labute approximate surface area is 149 Å². The molecule has 25 heavy (non-hydrogen) atoms. The second-order valence-corrected chi connectivity index (χ2v) is 6.88. The fourth-order valence-electron chi connectivity index (χ4n) is 3.60. The Hall–Kier alpha value is -2.48. The van der Waals surface area contributed by atoms with Gasteiger partial charge in [-0.25, -0.2) is 0 Å². The number of benzene rings is 3. The second kappa shape index (κ2) is 6.44. The van der Waals surface area contributed by atoms with Crippen molar-refractivity contribution in [3.05, 3.63) is 59.7 Å². The van der Waals surface area contributed by atoms with Gasteiger partial charge < -0.3 is 9.47 Å². The monoisotopic (exact) mass is 332 g/mol. The molecule has 0 bridgehead atoms. The molecular formula is C23H24O2. The van der Waals surface area contributed by atoms with E-state index in [0.717, 1.165) is 29.0 Å². The molecule has 1 aliphatic heterocycles. The molecular weight excluding hydrogens is 308 g/mol. The van der Waals surface area contributed by atoms with E-state index in [0.29, 0.717) is 19.1 Å². The Balaban J connectivity index is 2.00. The molecule has 4 rings (SSSR count). The lowest BCUT2D eigenvalue weighted by molar-refractivity contribution is 0.171. The van der Waals surface area contributed by atoms with Gasteiger partial charge in [0.15, 0.2) is 11.5 Å². The van der Waals surface area contributed by atoms with E-state index in [4.69, 9.17) is 9.47 Å². The summed E-state index contributed by atoms with van der Waals surface area (Å²) in [7, 11) is 0. The summed E-state index contributed by atoms with van der Waals surface area (Å²) in [5, 5.41) is 2.55. The van der Waals surface area contributed by atoms with Gasteiger partial charge in [0, 0.05) is 5.56 Å². The lowest BCUT2D eigenvalue weighted by Gasteiger charge is -2.25. The normalized spacial score (nSPS) is 14.5. The summed E-state index contributed by atoms with van der Waals surface area (Å²) in [5.74, 6) is 2.28. The van der Waals surface area contributed by atoms with Gasteiger partial charge in [0.2, 0.25) is 0 Å². The van der Waals surface area contributed by atoms with Gasteiger partial charge in [-0.15, -0.1) is 0 Å². The van der Waals surface area contributed by atoms with Crippen LogP contribution in [0.5, 0.6) is 11.5 Å². The topological polar surface area (TPSA) is 18.5 Å². The van der Waals surface area contributed by atoms with Crippen LogP contribution in [0.3, 0.4) is 0 Å². The minimum atomic E-state index is 0.487. The first-order valence-corrected chi connectivity index (χ1v) is 9.11. The van der Waals surface area contributed by atoms with Crippen molar-refractivity contribution in [1.29, 1.82) is 0 Å². The van der Waals surface area contributed by atoms with Crippen LogP contribution in [-0.4, -0.2) is 13.2 Å². The number of hydrogen-bond acceptors (Lipinski definition) is 2. The van der Waals surface area contributed by atoms with Crippen LogP contribution in [0, 0.1) is 6.92 Å². The van der Waals surface area contributed by atoms with Crippen LogP contribution in [0.15, 0.2) is 48.5 Å². The molecule has 0 aliphatic carbocycles. The molecule has 1 heterocycles. The summed E-state index contributed by atoms with van der Waals surface area (Å²) >= 11 is 0. The standard InChI is InChI=1S/C23H24O2/c1-4-15(2)20-13-17-7-5-6-8-18(17)14-21(20)19-10-9-16(3)22-23(19)25-12-11-24-22/h5-10,13-15H,4,11-12H2,1-3H3. The van der Waals surface area contributed by atoms with Crippen LogP contribution in [0.25, 0.3) is 21.9 Å². The molecule has 0 saturated heterocycles. The van der Waals surface area contributed by atoms with Crippen molar-refractivity contribution in [3.8, 4) is 22.6 Å². The highest BCUT2D eigenvalue weighted by Crippen LogP contribution is 2.45. The van der Waals surface area contributed by atoms with Gasteiger partial charge in [0.05, 0.1) is 0 Å². The maximum atomic E-state index is 6.05. The molecule has 0 radical (unpaired) electrons. The van der Waals surface area contributed by atoms with Gasteiger partial charge in [-0.05, 0) is 52.8 Å². The molecule has 2 heteroatoms. The van der Waals surface area contributed by atoms with Crippen LogP contribution in [-0.2, 0) is 0 Å². The van der Waals surface area contributed by atoms with Crippen LogP contribution in [0.4, 0.5) is 0 Å². The van der Waals surface area contributed by atoms with Crippen molar-refractivity contribution in [2.75, 3.05) is 13.2 Å². The van der Waals surface area contributed by atoms with Gasteiger partial charge in [-0.3, -0.25) is 0 Å². The molecule has 2 nitrogen and oxygen atoms in total. The molecule has 0 fully saturated rings. The third kappa shape index (κ3) is 2.76. The summed E-state index contributed by atoms with van der Waals surface area (Å²) in [5.41, 5.74) is 4.90. The molecule has 3 aromatic rings. The lowest BCUT2D eigenvalue weighted by atomic mass is 9.87. The largest absolute Gasteiger partial charge is 0.486 e. The molecule has 1 atom stereocenters. The first-order chi connectivity index (χ1) is 12.2. The number of fused-ring (bicyclic) bond motifs is 2. The third-order valence-corrected chi connectivity index (χ3v) is 5.24. The van der Waals surface area contributed by atoms with E-state index < -0.39 is 0 Å². The third-order valence-electron chi connectivity index (χ3n) is 5.24. The molecule has 1 unspecified atom stereocenters. The summed E-state index contributed by atoms with van der Waals surface area (Å²) in [6.07, 6.45) is 1.11. The van der Waals surface area contributed by atoms with Gasteiger partial charge in [-0.1, -0.05) is 56.3 Å². The summed E-state index contributed by atoms with van der Waals surface area (Å²) in [4.78, 5) is 0. The predicted octanol–water partition coefficient (Wildman–Crippen LogP) is 6.10. The Morgan fingerprint density at radius 1 is 0.880 bits per heavy atom. The highest BCUT2D eigenvalue weighted by molar-refractivity contribution is 5.91. The lowest BCUT2D eigenvalue weighted by Crippen LogP contribution is -2.17. The highest BCUT2D eigenvalue weighted by Gasteiger charge is 2.22. The van der Waals surface area contributed by atoms with Crippen LogP contribution >= 0.6 is 0 Å². The van der Waals surface area contributed by atoms with Crippen molar-refractivity contribution < 1.29 is 9.47 Å². The van der Waals surface area contributed by atoms with Gasteiger partial charge in [0.1, 0.15) is 13.2 Å². The Morgan fingerprint density at radius 2 is 1.56 bits per heavy atom. The van der Waals surface area contributed by atoms with Gasteiger partial charge in [-0.2, -0.15) is 0 Å². The van der Waals surface area contributed by atoms with Gasteiger partial charge >= 0.3 is 0 Å². The van der Waals surface area contributed by atoms with E-state index >= 15 is 0 Å². The minimum Gasteiger partial charge on any atom is -0.486 e. The van der Waals surface area contributed by atoms with E-state index in [1.165, 1.54) is 21.9 Å². The quantitative estimate of drug-likeness (QED) is 0.577.